The minimum atomic E-state index is -0.765. The van der Waals surface area contributed by atoms with Gasteiger partial charge < -0.3 is 15.7 Å². The van der Waals surface area contributed by atoms with Crippen LogP contribution >= 0.6 is 0 Å². The molecule has 1 atom stereocenters. The van der Waals surface area contributed by atoms with Crippen molar-refractivity contribution in [2.45, 2.75) is 18.9 Å². The van der Waals surface area contributed by atoms with Crippen LogP contribution < -0.4 is 10.6 Å². The molecule has 0 bridgehead atoms. The number of aromatic hydroxyl groups is 1. The lowest BCUT2D eigenvalue weighted by atomic mass is 10.0. The van der Waals surface area contributed by atoms with Crippen LogP contribution in [0, 0.1) is 11.3 Å². The number of nitriles is 1. The Kier molecular flexibility index (Phi) is 6.48. The maximum absolute atomic E-state index is 12.0. The summed E-state index contributed by atoms with van der Waals surface area (Å²) in [6.07, 6.45) is 1.57. The SMILES string of the molecule is C=CC(=O)NC(Cc1ccc(O)cc1)C(=O)NCCC#N. The van der Waals surface area contributed by atoms with Crippen LogP contribution in [-0.2, 0) is 16.0 Å². The van der Waals surface area contributed by atoms with Gasteiger partial charge in [-0.05, 0) is 23.8 Å². The van der Waals surface area contributed by atoms with Crippen LogP contribution in [-0.4, -0.2) is 29.5 Å². The molecule has 0 radical (unpaired) electrons. The van der Waals surface area contributed by atoms with Gasteiger partial charge in [0.25, 0.3) is 0 Å². The molecule has 1 aromatic rings. The molecule has 0 heterocycles. The lowest BCUT2D eigenvalue weighted by Gasteiger charge is -2.17. The number of nitrogens with one attached hydrogen (secondary N) is 2. The molecule has 0 aliphatic carbocycles. The number of rotatable bonds is 7. The summed E-state index contributed by atoms with van der Waals surface area (Å²) in [5.74, 6) is -0.688. The molecule has 0 aliphatic heterocycles. The van der Waals surface area contributed by atoms with Gasteiger partial charge in [-0.2, -0.15) is 5.26 Å². The maximum Gasteiger partial charge on any atom is 0.244 e. The Bertz CT molecular complexity index is 546. The summed E-state index contributed by atoms with van der Waals surface area (Å²) in [6.45, 7) is 3.57. The van der Waals surface area contributed by atoms with Gasteiger partial charge in [-0.15, -0.1) is 0 Å². The molecule has 0 aliphatic rings. The van der Waals surface area contributed by atoms with Crippen molar-refractivity contribution >= 4 is 11.8 Å². The molecule has 1 unspecified atom stereocenters. The molecule has 0 saturated carbocycles. The first-order valence-corrected chi connectivity index (χ1v) is 6.42. The van der Waals surface area contributed by atoms with Gasteiger partial charge in [0.05, 0.1) is 12.5 Å². The Morgan fingerprint density at radius 3 is 2.62 bits per heavy atom. The molecule has 3 N–H and O–H groups in total. The van der Waals surface area contributed by atoms with Gasteiger partial charge in [-0.25, -0.2) is 0 Å². The Morgan fingerprint density at radius 2 is 2.05 bits per heavy atom. The van der Waals surface area contributed by atoms with Crippen molar-refractivity contribution in [3.05, 3.63) is 42.5 Å². The third kappa shape index (κ3) is 5.78. The van der Waals surface area contributed by atoms with Gasteiger partial charge in [-0.3, -0.25) is 9.59 Å². The highest BCUT2D eigenvalue weighted by atomic mass is 16.3. The standard InChI is InChI=1S/C15H17N3O3/c1-2-14(20)18-13(15(21)17-9-3-8-16)10-11-4-6-12(19)7-5-11/h2,4-7,13,19H,1,3,9-10H2,(H,17,21)(H,18,20). The van der Waals surface area contributed by atoms with E-state index in [2.05, 4.69) is 17.2 Å². The van der Waals surface area contributed by atoms with E-state index in [1.807, 2.05) is 6.07 Å². The van der Waals surface area contributed by atoms with Crippen molar-refractivity contribution in [3.8, 4) is 11.8 Å². The van der Waals surface area contributed by atoms with E-state index in [1.54, 1.807) is 12.1 Å². The molecular formula is C15H17N3O3. The summed E-state index contributed by atoms with van der Waals surface area (Å²) in [6, 6.07) is 7.52. The molecule has 6 nitrogen and oxygen atoms in total. The lowest BCUT2D eigenvalue weighted by Crippen LogP contribution is -2.47. The number of carbonyl (C=O) groups is 2. The highest BCUT2D eigenvalue weighted by Crippen LogP contribution is 2.11. The molecular weight excluding hydrogens is 270 g/mol. The first-order valence-electron chi connectivity index (χ1n) is 6.42. The zero-order valence-corrected chi connectivity index (χ0v) is 11.5. The molecule has 21 heavy (non-hydrogen) atoms. The van der Waals surface area contributed by atoms with Crippen molar-refractivity contribution in [2.75, 3.05) is 6.54 Å². The number of hydrogen-bond acceptors (Lipinski definition) is 4. The fraction of sp³-hybridized carbons (Fsp3) is 0.267. The third-order valence-corrected chi connectivity index (χ3v) is 2.73. The predicted octanol–water partition coefficient (Wildman–Crippen LogP) is 0.635. The van der Waals surface area contributed by atoms with Crippen LogP contribution in [0.3, 0.4) is 0 Å². The van der Waals surface area contributed by atoms with Crippen molar-refractivity contribution in [3.63, 3.8) is 0 Å². The zero-order valence-electron chi connectivity index (χ0n) is 11.5. The molecule has 1 aromatic carbocycles. The van der Waals surface area contributed by atoms with Crippen LogP contribution in [0.1, 0.15) is 12.0 Å². The summed E-state index contributed by atoms with van der Waals surface area (Å²) in [7, 11) is 0. The Hall–Kier alpha value is -2.81. The third-order valence-electron chi connectivity index (χ3n) is 2.73. The fourth-order valence-electron chi connectivity index (χ4n) is 1.67. The van der Waals surface area contributed by atoms with Crippen LogP contribution in [0.25, 0.3) is 0 Å². The van der Waals surface area contributed by atoms with E-state index >= 15 is 0 Å². The van der Waals surface area contributed by atoms with E-state index in [4.69, 9.17) is 5.26 Å². The quantitative estimate of drug-likeness (QED) is 0.505. The van der Waals surface area contributed by atoms with Gasteiger partial charge in [0.1, 0.15) is 11.8 Å². The minimum Gasteiger partial charge on any atom is -0.508 e. The summed E-state index contributed by atoms with van der Waals surface area (Å²) in [4.78, 5) is 23.4. The monoisotopic (exact) mass is 287 g/mol. The fourth-order valence-corrected chi connectivity index (χ4v) is 1.67. The van der Waals surface area contributed by atoms with Crippen LogP contribution in [0.2, 0.25) is 0 Å². The molecule has 0 aromatic heterocycles. The van der Waals surface area contributed by atoms with Gasteiger partial charge in [0.2, 0.25) is 11.8 Å². The molecule has 110 valence electrons. The van der Waals surface area contributed by atoms with Crippen molar-refractivity contribution in [1.29, 1.82) is 5.26 Å². The Morgan fingerprint density at radius 1 is 1.38 bits per heavy atom. The molecule has 6 heteroatoms. The second-order valence-electron chi connectivity index (χ2n) is 4.34. The summed E-state index contributed by atoms with van der Waals surface area (Å²) >= 11 is 0. The van der Waals surface area contributed by atoms with E-state index in [0.29, 0.717) is 0 Å². The largest absolute Gasteiger partial charge is 0.508 e. The summed E-state index contributed by atoms with van der Waals surface area (Å²) in [5, 5.41) is 22.8. The van der Waals surface area contributed by atoms with E-state index in [-0.39, 0.29) is 31.0 Å². The van der Waals surface area contributed by atoms with Crippen LogP contribution in [0.5, 0.6) is 5.75 Å². The number of phenolic OH excluding ortho intramolecular Hbond substituents is 1. The topological polar surface area (TPSA) is 102 Å². The Labute approximate surface area is 123 Å². The van der Waals surface area contributed by atoms with Crippen molar-refractivity contribution in [2.24, 2.45) is 0 Å². The summed E-state index contributed by atoms with van der Waals surface area (Å²) < 4.78 is 0. The molecule has 0 saturated heterocycles. The van der Waals surface area contributed by atoms with E-state index in [9.17, 15) is 14.7 Å². The van der Waals surface area contributed by atoms with E-state index in [0.717, 1.165) is 11.6 Å². The average molecular weight is 287 g/mol. The smallest absolute Gasteiger partial charge is 0.244 e. The predicted molar refractivity (Wildman–Crippen MR) is 77.2 cm³/mol. The number of nitrogens with zero attached hydrogens (tertiary/aromatic N) is 1. The average Bonchev–Trinajstić information content (AvgIpc) is 2.48. The van der Waals surface area contributed by atoms with Gasteiger partial charge in [0.15, 0.2) is 0 Å². The maximum atomic E-state index is 12.0. The highest BCUT2D eigenvalue weighted by Gasteiger charge is 2.19. The first-order chi connectivity index (χ1) is 10.1. The minimum absolute atomic E-state index is 0.129. The summed E-state index contributed by atoms with van der Waals surface area (Å²) in [5.41, 5.74) is 0.789. The number of carbonyl (C=O) groups excluding carboxylic acids is 2. The lowest BCUT2D eigenvalue weighted by molar-refractivity contribution is -0.127. The second kappa shape index (κ2) is 8.38. The van der Waals surface area contributed by atoms with Crippen LogP contribution in [0.15, 0.2) is 36.9 Å². The second-order valence-corrected chi connectivity index (χ2v) is 4.34. The van der Waals surface area contributed by atoms with E-state index < -0.39 is 11.9 Å². The Balaban J connectivity index is 2.73. The van der Waals surface area contributed by atoms with Crippen molar-refractivity contribution in [1.82, 2.24) is 10.6 Å². The highest BCUT2D eigenvalue weighted by molar-refractivity contribution is 5.92. The number of benzene rings is 1. The molecule has 0 spiro atoms. The van der Waals surface area contributed by atoms with Gasteiger partial charge in [-0.1, -0.05) is 18.7 Å². The number of phenols is 1. The number of hydrogen-bond donors (Lipinski definition) is 3. The van der Waals surface area contributed by atoms with Crippen LogP contribution in [0.4, 0.5) is 0 Å². The molecule has 2 amide bonds. The van der Waals surface area contributed by atoms with E-state index in [1.165, 1.54) is 12.1 Å². The normalized spacial score (nSPS) is 11.0. The van der Waals surface area contributed by atoms with Gasteiger partial charge >= 0.3 is 0 Å². The molecule has 1 rings (SSSR count). The van der Waals surface area contributed by atoms with Crippen molar-refractivity contribution < 1.29 is 14.7 Å². The number of amides is 2. The van der Waals surface area contributed by atoms with Gasteiger partial charge in [0, 0.05) is 13.0 Å². The molecule has 0 fully saturated rings. The first kappa shape index (κ1) is 16.2. The zero-order chi connectivity index (χ0) is 15.7.